The number of hydrogen-bond donors (Lipinski definition) is 2. The molecule has 0 fully saturated rings. The van der Waals surface area contributed by atoms with Crippen LogP contribution in [0.5, 0.6) is 0 Å². The molecule has 0 spiro atoms. The standard InChI is InChI=1S/C15H15N3O2S/c1-10-3-6-12(7-4-10)16-15(21)17-14-9-13(18(19)20)8-5-11(14)2/h3-9H,1-2H3,(H2,16,17,21). The molecule has 0 bridgehead atoms. The maximum absolute atomic E-state index is 10.8. The average molecular weight is 301 g/mol. The molecular weight excluding hydrogens is 286 g/mol. The minimum atomic E-state index is -0.429. The van der Waals surface area contributed by atoms with Gasteiger partial charge in [0, 0.05) is 23.5 Å². The lowest BCUT2D eigenvalue weighted by atomic mass is 10.2. The highest BCUT2D eigenvalue weighted by Gasteiger charge is 2.09. The zero-order valence-corrected chi connectivity index (χ0v) is 12.5. The number of rotatable bonds is 3. The normalized spacial score (nSPS) is 10.0. The third kappa shape index (κ3) is 4.00. The molecular formula is C15H15N3O2S. The minimum absolute atomic E-state index is 0.0289. The number of nitrogens with one attached hydrogen (secondary N) is 2. The van der Waals surface area contributed by atoms with Crippen LogP contribution in [-0.2, 0) is 0 Å². The fourth-order valence-electron chi connectivity index (χ4n) is 1.78. The van der Waals surface area contributed by atoms with E-state index in [-0.39, 0.29) is 5.69 Å². The highest BCUT2D eigenvalue weighted by molar-refractivity contribution is 7.80. The van der Waals surface area contributed by atoms with Gasteiger partial charge in [-0.15, -0.1) is 0 Å². The Kier molecular flexibility index (Phi) is 4.49. The van der Waals surface area contributed by atoms with E-state index < -0.39 is 4.92 Å². The number of nitrogens with zero attached hydrogens (tertiary/aromatic N) is 1. The summed E-state index contributed by atoms with van der Waals surface area (Å²) in [6.07, 6.45) is 0. The number of anilines is 2. The summed E-state index contributed by atoms with van der Waals surface area (Å²) in [5, 5.41) is 17.2. The Morgan fingerprint density at radius 1 is 1.10 bits per heavy atom. The van der Waals surface area contributed by atoms with Gasteiger partial charge in [-0.1, -0.05) is 23.8 Å². The lowest BCUT2D eigenvalue weighted by Crippen LogP contribution is -2.19. The van der Waals surface area contributed by atoms with Crippen LogP contribution in [0.2, 0.25) is 0 Å². The summed E-state index contributed by atoms with van der Waals surface area (Å²) in [6.45, 7) is 3.87. The molecule has 0 aliphatic carbocycles. The van der Waals surface area contributed by atoms with Gasteiger partial charge < -0.3 is 10.6 Å². The van der Waals surface area contributed by atoms with Crippen molar-refractivity contribution in [3.63, 3.8) is 0 Å². The first-order valence-corrected chi connectivity index (χ1v) is 6.76. The van der Waals surface area contributed by atoms with Crippen LogP contribution in [0.25, 0.3) is 0 Å². The molecule has 6 heteroatoms. The molecule has 0 amide bonds. The molecule has 2 aromatic rings. The fraction of sp³-hybridized carbons (Fsp3) is 0.133. The third-order valence-corrected chi connectivity index (χ3v) is 3.19. The fourth-order valence-corrected chi connectivity index (χ4v) is 2.01. The van der Waals surface area contributed by atoms with Crippen molar-refractivity contribution in [2.45, 2.75) is 13.8 Å². The quantitative estimate of drug-likeness (QED) is 0.509. The predicted octanol–water partition coefficient (Wildman–Crippen LogP) is 4.02. The van der Waals surface area contributed by atoms with E-state index in [2.05, 4.69) is 10.6 Å². The second-order valence-corrected chi connectivity index (χ2v) is 5.11. The van der Waals surface area contributed by atoms with Crippen LogP contribution in [0.15, 0.2) is 42.5 Å². The number of thiocarbonyl (C=S) groups is 1. The van der Waals surface area contributed by atoms with Crippen LogP contribution in [-0.4, -0.2) is 10.0 Å². The van der Waals surface area contributed by atoms with Crippen molar-refractivity contribution in [3.8, 4) is 0 Å². The van der Waals surface area contributed by atoms with Crippen LogP contribution >= 0.6 is 12.2 Å². The molecule has 21 heavy (non-hydrogen) atoms. The first-order valence-electron chi connectivity index (χ1n) is 6.35. The number of non-ortho nitro benzene ring substituents is 1. The van der Waals surface area contributed by atoms with Crippen molar-refractivity contribution >= 4 is 34.4 Å². The summed E-state index contributed by atoms with van der Waals surface area (Å²) < 4.78 is 0. The second kappa shape index (κ2) is 6.32. The number of aryl methyl sites for hydroxylation is 2. The Balaban J connectivity index is 2.10. The van der Waals surface area contributed by atoms with E-state index in [4.69, 9.17) is 12.2 Å². The largest absolute Gasteiger partial charge is 0.332 e. The van der Waals surface area contributed by atoms with E-state index in [0.29, 0.717) is 10.8 Å². The summed E-state index contributed by atoms with van der Waals surface area (Å²) >= 11 is 5.23. The molecule has 2 aromatic carbocycles. The lowest BCUT2D eigenvalue weighted by Gasteiger charge is -2.12. The monoisotopic (exact) mass is 301 g/mol. The van der Waals surface area contributed by atoms with E-state index in [0.717, 1.165) is 16.8 Å². The topological polar surface area (TPSA) is 67.2 Å². The molecule has 0 atom stereocenters. The highest BCUT2D eigenvalue weighted by atomic mass is 32.1. The van der Waals surface area contributed by atoms with Crippen LogP contribution in [0.3, 0.4) is 0 Å². The van der Waals surface area contributed by atoms with Crippen molar-refractivity contribution < 1.29 is 4.92 Å². The summed E-state index contributed by atoms with van der Waals surface area (Å²) in [7, 11) is 0. The molecule has 5 nitrogen and oxygen atoms in total. The SMILES string of the molecule is Cc1ccc(NC(=S)Nc2cc([N+](=O)[O-])ccc2C)cc1. The molecule has 0 radical (unpaired) electrons. The van der Waals surface area contributed by atoms with Gasteiger partial charge in [0.15, 0.2) is 5.11 Å². The van der Waals surface area contributed by atoms with Crippen LogP contribution in [0.1, 0.15) is 11.1 Å². The van der Waals surface area contributed by atoms with Crippen molar-refractivity contribution in [1.29, 1.82) is 0 Å². The molecule has 2 rings (SSSR count). The number of nitro groups is 1. The summed E-state index contributed by atoms with van der Waals surface area (Å²) in [4.78, 5) is 10.4. The maximum Gasteiger partial charge on any atom is 0.271 e. The predicted molar refractivity (Wildman–Crippen MR) is 88.9 cm³/mol. The Bertz CT molecular complexity index is 684. The number of nitro benzene ring substituents is 1. The Labute approximate surface area is 128 Å². The highest BCUT2D eigenvalue weighted by Crippen LogP contribution is 2.22. The van der Waals surface area contributed by atoms with Gasteiger partial charge in [-0.05, 0) is 43.8 Å². The molecule has 0 unspecified atom stereocenters. The van der Waals surface area contributed by atoms with Gasteiger partial charge in [0.2, 0.25) is 0 Å². The minimum Gasteiger partial charge on any atom is -0.332 e. The molecule has 0 saturated carbocycles. The number of hydrogen-bond acceptors (Lipinski definition) is 3. The van der Waals surface area contributed by atoms with Crippen LogP contribution in [0.4, 0.5) is 17.1 Å². The number of benzene rings is 2. The molecule has 2 N–H and O–H groups in total. The second-order valence-electron chi connectivity index (χ2n) is 4.70. The van der Waals surface area contributed by atoms with Gasteiger partial charge in [-0.25, -0.2) is 0 Å². The zero-order chi connectivity index (χ0) is 15.4. The van der Waals surface area contributed by atoms with Gasteiger partial charge in [0.25, 0.3) is 5.69 Å². The van der Waals surface area contributed by atoms with Crippen molar-refractivity contribution in [2.75, 3.05) is 10.6 Å². The molecule has 108 valence electrons. The van der Waals surface area contributed by atoms with Gasteiger partial charge in [0.05, 0.1) is 4.92 Å². The Morgan fingerprint density at radius 3 is 2.38 bits per heavy atom. The van der Waals surface area contributed by atoms with Crippen molar-refractivity contribution in [3.05, 3.63) is 63.7 Å². The molecule has 0 saturated heterocycles. The van der Waals surface area contributed by atoms with Crippen LogP contribution < -0.4 is 10.6 Å². The first-order chi connectivity index (χ1) is 9.95. The van der Waals surface area contributed by atoms with E-state index in [9.17, 15) is 10.1 Å². The van der Waals surface area contributed by atoms with Crippen molar-refractivity contribution in [1.82, 2.24) is 0 Å². The molecule has 0 heterocycles. The third-order valence-electron chi connectivity index (χ3n) is 2.99. The Morgan fingerprint density at radius 2 is 1.76 bits per heavy atom. The summed E-state index contributed by atoms with van der Waals surface area (Å²) in [5.74, 6) is 0. The van der Waals surface area contributed by atoms with Gasteiger partial charge in [0.1, 0.15) is 0 Å². The van der Waals surface area contributed by atoms with Crippen molar-refractivity contribution in [2.24, 2.45) is 0 Å². The van der Waals surface area contributed by atoms with E-state index in [1.165, 1.54) is 12.1 Å². The van der Waals surface area contributed by atoms with E-state index in [1.807, 2.05) is 38.1 Å². The maximum atomic E-state index is 10.8. The van der Waals surface area contributed by atoms with Gasteiger partial charge in [-0.3, -0.25) is 10.1 Å². The first kappa shape index (κ1) is 14.9. The van der Waals surface area contributed by atoms with Gasteiger partial charge in [-0.2, -0.15) is 0 Å². The van der Waals surface area contributed by atoms with Crippen LogP contribution in [0, 0.1) is 24.0 Å². The van der Waals surface area contributed by atoms with E-state index in [1.54, 1.807) is 6.07 Å². The van der Waals surface area contributed by atoms with Gasteiger partial charge >= 0.3 is 0 Å². The molecule has 0 aliphatic rings. The average Bonchev–Trinajstić information content (AvgIpc) is 2.43. The zero-order valence-electron chi connectivity index (χ0n) is 11.7. The smallest absolute Gasteiger partial charge is 0.271 e. The summed E-state index contributed by atoms with van der Waals surface area (Å²) in [6, 6.07) is 12.4. The molecule has 0 aromatic heterocycles. The lowest BCUT2D eigenvalue weighted by molar-refractivity contribution is -0.384. The summed E-state index contributed by atoms with van der Waals surface area (Å²) in [5.41, 5.74) is 3.55. The molecule has 0 aliphatic heterocycles. The Hall–Kier alpha value is -2.47. The van der Waals surface area contributed by atoms with E-state index >= 15 is 0 Å².